The summed E-state index contributed by atoms with van der Waals surface area (Å²) in [5.74, 6) is 0.902. The van der Waals surface area contributed by atoms with Crippen LogP contribution in [0.4, 0.5) is 13.2 Å². The number of imidazole rings is 1. The van der Waals surface area contributed by atoms with E-state index >= 15 is 0 Å². The SMILES string of the molecule is CC1CCN(C(=O)CSc2nc3cc(C(F)(F)F)ccc3n2Cc2ccccc2)CC1. The maximum Gasteiger partial charge on any atom is 0.416 e. The molecule has 0 N–H and O–H groups in total. The average Bonchev–Trinajstić information content (AvgIpc) is 3.09. The summed E-state index contributed by atoms with van der Waals surface area (Å²) >= 11 is 1.29. The fraction of sp³-hybridized carbons (Fsp3) is 0.391. The maximum atomic E-state index is 13.2. The van der Waals surface area contributed by atoms with Crippen LogP contribution in [0.5, 0.6) is 0 Å². The third-order valence-electron chi connectivity index (χ3n) is 5.69. The molecule has 1 aromatic heterocycles. The van der Waals surface area contributed by atoms with Crippen LogP contribution in [0.3, 0.4) is 0 Å². The Morgan fingerprint density at radius 1 is 1.13 bits per heavy atom. The van der Waals surface area contributed by atoms with Crippen LogP contribution in [0, 0.1) is 5.92 Å². The Hall–Kier alpha value is -2.48. The van der Waals surface area contributed by atoms with Gasteiger partial charge < -0.3 is 9.47 Å². The van der Waals surface area contributed by atoms with Crippen molar-refractivity contribution in [3.63, 3.8) is 0 Å². The molecule has 1 aliphatic rings. The van der Waals surface area contributed by atoms with Crippen molar-refractivity contribution >= 4 is 28.7 Å². The van der Waals surface area contributed by atoms with E-state index < -0.39 is 11.7 Å². The first kappa shape index (κ1) is 21.7. The number of nitrogens with zero attached hydrogens (tertiary/aromatic N) is 3. The quantitative estimate of drug-likeness (QED) is 0.488. The number of aromatic nitrogens is 2. The van der Waals surface area contributed by atoms with Gasteiger partial charge in [0.25, 0.3) is 0 Å². The largest absolute Gasteiger partial charge is 0.416 e. The Morgan fingerprint density at radius 2 is 1.84 bits per heavy atom. The van der Waals surface area contributed by atoms with Crippen LogP contribution < -0.4 is 0 Å². The molecule has 3 aromatic rings. The summed E-state index contributed by atoms with van der Waals surface area (Å²) in [6, 6.07) is 13.3. The number of carbonyl (C=O) groups is 1. The molecule has 0 spiro atoms. The van der Waals surface area contributed by atoms with E-state index in [1.165, 1.54) is 17.8 Å². The number of carbonyl (C=O) groups excluding carboxylic acids is 1. The maximum absolute atomic E-state index is 13.2. The number of alkyl halides is 3. The zero-order valence-electron chi connectivity index (χ0n) is 17.2. The Bertz CT molecular complexity index is 1060. The van der Waals surface area contributed by atoms with Gasteiger partial charge in [0.15, 0.2) is 5.16 Å². The third kappa shape index (κ3) is 5.06. The van der Waals surface area contributed by atoms with Crippen molar-refractivity contribution in [3.8, 4) is 0 Å². The van der Waals surface area contributed by atoms with E-state index in [0.717, 1.165) is 43.6 Å². The first-order chi connectivity index (χ1) is 14.8. The lowest BCUT2D eigenvalue weighted by Gasteiger charge is -2.30. The van der Waals surface area contributed by atoms with E-state index in [9.17, 15) is 18.0 Å². The second kappa shape index (κ2) is 8.94. The molecule has 4 nitrogen and oxygen atoms in total. The molecule has 0 saturated carbocycles. The summed E-state index contributed by atoms with van der Waals surface area (Å²) < 4.78 is 41.4. The van der Waals surface area contributed by atoms with E-state index in [1.807, 2.05) is 39.8 Å². The van der Waals surface area contributed by atoms with Crippen molar-refractivity contribution in [2.75, 3.05) is 18.8 Å². The smallest absolute Gasteiger partial charge is 0.342 e. The number of thioether (sulfide) groups is 1. The molecule has 0 bridgehead atoms. The van der Waals surface area contributed by atoms with Gasteiger partial charge in [-0.1, -0.05) is 49.0 Å². The zero-order valence-corrected chi connectivity index (χ0v) is 18.0. The van der Waals surface area contributed by atoms with Gasteiger partial charge in [-0.05, 0) is 42.5 Å². The zero-order chi connectivity index (χ0) is 22.0. The molecule has 0 aliphatic carbocycles. The number of likely N-dealkylation sites (tertiary alicyclic amines) is 1. The standard InChI is InChI=1S/C23H24F3N3OS/c1-16-9-11-28(12-10-16)21(30)15-31-22-27-19-13-18(23(24,25)26)7-8-20(19)29(22)14-17-5-3-2-4-6-17/h2-8,13,16H,9-12,14-15H2,1H3. The van der Waals surface area contributed by atoms with Gasteiger partial charge in [0.05, 0.1) is 28.9 Å². The Labute approximate surface area is 183 Å². The van der Waals surface area contributed by atoms with E-state index in [0.29, 0.717) is 23.1 Å². The highest BCUT2D eigenvalue weighted by Gasteiger charge is 2.31. The van der Waals surface area contributed by atoms with E-state index in [-0.39, 0.29) is 17.2 Å². The van der Waals surface area contributed by atoms with Gasteiger partial charge in [-0.25, -0.2) is 4.98 Å². The molecule has 1 amide bonds. The normalized spacial score (nSPS) is 15.5. The van der Waals surface area contributed by atoms with Gasteiger partial charge in [-0.2, -0.15) is 13.2 Å². The number of halogens is 3. The third-order valence-corrected chi connectivity index (χ3v) is 6.65. The first-order valence-corrected chi connectivity index (χ1v) is 11.3. The summed E-state index contributed by atoms with van der Waals surface area (Å²) in [6.07, 6.45) is -2.42. The number of hydrogen-bond acceptors (Lipinski definition) is 3. The lowest BCUT2D eigenvalue weighted by atomic mass is 9.99. The molecule has 0 unspecified atom stereocenters. The Balaban J connectivity index is 1.60. The molecular weight excluding hydrogens is 423 g/mol. The van der Waals surface area contributed by atoms with Crippen LogP contribution in [-0.4, -0.2) is 39.2 Å². The van der Waals surface area contributed by atoms with E-state index in [1.54, 1.807) is 0 Å². The van der Waals surface area contributed by atoms with Crippen LogP contribution in [0.25, 0.3) is 11.0 Å². The monoisotopic (exact) mass is 447 g/mol. The Kier molecular flexibility index (Phi) is 6.27. The highest BCUT2D eigenvalue weighted by atomic mass is 32.2. The first-order valence-electron chi connectivity index (χ1n) is 10.3. The van der Waals surface area contributed by atoms with Gasteiger partial charge in [0.2, 0.25) is 5.91 Å². The minimum absolute atomic E-state index is 0.0474. The average molecular weight is 448 g/mol. The predicted molar refractivity (Wildman–Crippen MR) is 116 cm³/mol. The van der Waals surface area contributed by atoms with E-state index in [4.69, 9.17) is 0 Å². The lowest BCUT2D eigenvalue weighted by Crippen LogP contribution is -2.38. The molecular formula is C23H24F3N3OS. The number of rotatable bonds is 5. The molecule has 31 heavy (non-hydrogen) atoms. The summed E-state index contributed by atoms with van der Waals surface area (Å²) in [4.78, 5) is 19.0. The molecule has 1 saturated heterocycles. The minimum Gasteiger partial charge on any atom is -0.342 e. The predicted octanol–water partition coefficient (Wildman–Crippen LogP) is 5.45. The highest BCUT2D eigenvalue weighted by molar-refractivity contribution is 7.99. The molecule has 8 heteroatoms. The molecule has 0 radical (unpaired) electrons. The van der Waals surface area contributed by atoms with Gasteiger partial charge in [0, 0.05) is 13.1 Å². The number of amides is 1. The van der Waals surface area contributed by atoms with E-state index in [2.05, 4.69) is 11.9 Å². The molecule has 2 heterocycles. The molecule has 4 rings (SSSR count). The van der Waals surface area contributed by atoms with Crippen molar-refractivity contribution in [2.24, 2.45) is 5.92 Å². The lowest BCUT2D eigenvalue weighted by molar-refractivity contribution is -0.137. The van der Waals surface area contributed by atoms with Crippen molar-refractivity contribution in [1.29, 1.82) is 0 Å². The second-order valence-electron chi connectivity index (χ2n) is 8.02. The second-order valence-corrected chi connectivity index (χ2v) is 8.96. The number of hydrogen-bond donors (Lipinski definition) is 0. The van der Waals surface area contributed by atoms with Crippen molar-refractivity contribution in [1.82, 2.24) is 14.5 Å². The summed E-state index contributed by atoms with van der Waals surface area (Å²) in [7, 11) is 0. The van der Waals surface area contributed by atoms with Crippen LogP contribution >= 0.6 is 11.8 Å². The number of fused-ring (bicyclic) bond motifs is 1. The number of benzene rings is 2. The minimum atomic E-state index is -4.42. The summed E-state index contributed by atoms with van der Waals surface area (Å²) in [5, 5.41) is 0.553. The fourth-order valence-corrected chi connectivity index (χ4v) is 4.71. The molecule has 1 fully saturated rings. The molecule has 2 aromatic carbocycles. The molecule has 164 valence electrons. The van der Waals surface area contributed by atoms with Gasteiger partial charge in [-0.3, -0.25) is 4.79 Å². The van der Waals surface area contributed by atoms with Gasteiger partial charge >= 0.3 is 6.18 Å². The van der Waals surface area contributed by atoms with Crippen molar-refractivity contribution in [2.45, 2.75) is 37.6 Å². The van der Waals surface area contributed by atoms with Crippen LogP contribution in [0.15, 0.2) is 53.7 Å². The molecule has 1 aliphatic heterocycles. The van der Waals surface area contributed by atoms with Crippen LogP contribution in [-0.2, 0) is 17.5 Å². The van der Waals surface area contributed by atoms with Gasteiger partial charge in [-0.15, -0.1) is 0 Å². The Morgan fingerprint density at radius 3 is 2.52 bits per heavy atom. The fourth-order valence-electron chi connectivity index (χ4n) is 3.79. The molecule has 0 atom stereocenters. The van der Waals surface area contributed by atoms with Crippen molar-refractivity contribution < 1.29 is 18.0 Å². The number of piperidine rings is 1. The van der Waals surface area contributed by atoms with Crippen LogP contribution in [0.2, 0.25) is 0 Å². The highest BCUT2D eigenvalue weighted by Crippen LogP contribution is 2.33. The van der Waals surface area contributed by atoms with Gasteiger partial charge in [0.1, 0.15) is 0 Å². The van der Waals surface area contributed by atoms with Crippen molar-refractivity contribution in [3.05, 3.63) is 59.7 Å². The summed E-state index contributed by atoms with van der Waals surface area (Å²) in [6.45, 7) is 4.18. The summed E-state index contributed by atoms with van der Waals surface area (Å²) in [5.41, 5.74) is 1.20. The van der Waals surface area contributed by atoms with Crippen LogP contribution in [0.1, 0.15) is 30.9 Å². The topological polar surface area (TPSA) is 38.1 Å².